The molecule has 57 heavy (non-hydrogen) atoms. The number of ether oxygens (including phenoxy) is 8. The summed E-state index contributed by atoms with van der Waals surface area (Å²) in [6.07, 6.45) is 2.12. The number of hydrogen-bond acceptors (Lipinski definition) is 15. The third kappa shape index (κ3) is 9.80. The van der Waals surface area contributed by atoms with Crippen molar-refractivity contribution in [3.8, 4) is 46.0 Å². The first-order chi connectivity index (χ1) is 27.7. The maximum absolute atomic E-state index is 13.9. The van der Waals surface area contributed by atoms with Gasteiger partial charge >= 0.3 is 0 Å². The molecule has 1 fully saturated rings. The van der Waals surface area contributed by atoms with Crippen molar-refractivity contribution in [1.29, 1.82) is 0 Å². The van der Waals surface area contributed by atoms with Gasteiger partial charge < -0.3 is 47.6 Å². The van der Waals surface area contributed by atoms with Gasteiger partial charge in [0, 0.05) is 36.6 Å². The Balaban J connectivity index is 1.24. The summed E-state index contributed by atoms with van der Waals surface area (Å²) in [5.74, 6) is 4.59. The molecule has 15 nitrogen and oxygen atoms in total. The predicted octanol–water partition coefficient (Wildman–Crippen LogP) is 7.80. The van der Waals surface area contributed by atoms with E-state index in [0.29, 0.717) is 59.6 Å². The molecule has 1 unspecified atom stereocenters. The number of nitrogens with zero attached hydrogens (tertiary/aromatic N) is 3. The van der Waals surface area contributed by atoms with Crippen LogP contribution in [0.25, 0.3) is 0 Å². The summed E-state index contributed by atoms with van der Waals surface area (Å²) in [4.78, 5) is 33.3. The van der Waals surface area contributed by atoms with Crippen LogP contribution in [0.2, 0.25) is 0 Å². The van der Waals surface area contributed by atoms with Crippen molar-refractivity contribution < 1.29 is 52.5 Å². The molecule has 3 aromatic rings. The lowest BCUT2D eigenvalue weighted by molar-refractivity contribution is -0.385. The summed E-state index contributed by atoms with van der Waals surface area (Å²) in [6, 6.07) is 9.94. The molecule has 0 spiro atoms. The van der Waals surface area contributed by atoms with Crippen molar-refractivity contribution in [1.82, 2.24) is 4.90 Å². The summed E-state index contributed by atoms with van der Waals surface area (Å²) in [5, 5.41) is 16.6. The number of oxime groups is 1. The van der Waals surface area contributed by atoms with Crippen LogP contribution in [0, 0.1) is 10.1 Å². The highest BCUT2D eigenvalue weighted by atomic mass is 32.2. The van der Waals surface area contributed by atoms with Crippen LogP contribution in [0.15, 0.2) is 41.6 Å². The largest absolute Gasteiger partial charge is 0.493 e. The lowest BCUT2D eigenvalue weighted by atomic mass is 9.99. The molecular weight excluding hydrogens is 779 g/mol. The molecule has 17 heteroatoms. The fourth-order valence-electron chi connectivity index (χ4n) is 6.84. The van der Waals surface area contributed by atoms with E-state index < -0.39 is 11.0 Å². The topological polar surface area (TPSA) is 159 Å². The quantitative estimate of drug-likeness (QED) is 0.0443. The third-order valence-electron chi connectivity index (χ3n) is 9.56. The highest BCUT2D eigenvalue weighted by Gasteiger charge is 2.38. The van der Waals surface area contributed by atoms with Crippen molar-refractivity contribution in [3.63, 3.8) is 0 Å². The summed E-state index contributed by atoms with van der Waals surface area (Å²) in [7, 11) is 9.16. The fraction of sp³-hybridized carbons (Fsp3) is 0.500. The smallest absolute Gasteiger partial charge is 0.286 e. The van der Waals surface area contributed by atoms with Crippen molar-refractivity contribution in [2.75, 3.05) is 73.9 Å². The van der Waals surface area contributed by atoms with E-state index in [4.69, 9.17) is 42.7 Å². The number of nitro benzene ring substituents is 1. The fourth-order valence-corrected chi connectivity index (χ4v) is 9.71. The zero-order valence-electron chi connectivity index (χ0n) is 33.6. The molecule has 1 saturated heterocycles. The van der Waals surface area contributed by atoms with E-state index in [0.717, 1.165) is 35.5 Å². The van der Waals surface area contributed by atoms with Crippen molar-refractivity contribution in [2.45, 2.75) is 56.3 Å². The van der Waals surface area contributed by atoms with Gasteiger partial charge in [0.2, 0.25) is 11.5 Å². The van der Waals surface area contributed by atoms with Gasteiger partial charge in [-0.3, -0.25) is 14.9 Å². The molecule has 0 aliphatic carbocycles. The average molecular weight is 830 g/mol. The maximum atomic E-state index is 13.9. The minimum absolute atomic E-state index is 0.0134. The zero-order chi connectivity index (χ0) is 41.1. The van der Waals surface area contributed by atoms with E-state index in [1.165, 1.54) is 33.5 Å². The van der Waals surface area contributed by atoms with E-state index in [-0.39, 0.29) is 52.5 Å². The number of benzene rings is 3. The number of likely N-dealkylation sites (tertiary alicyclic amines) is 1. The number of thioether (sulfide) groups is 2. The molecule has 0 saturated carbocycles. The number of methoxy groups -OCH3 is 6. The Morgan fingerprint density at radius 1 is 0.825 bits per heavy atom. The summed E-state index contributed by atoms with van der Waals surface area (Å²) in [6.45, 7) is 5.08. The van der Waals surface area contributed by atoms with Gasteiger partial charge in [-0.1, -0.05) is 19.0 Å². The predicted molar refractivity (Wildman–Crippen MR) is 220 cm³/mol. The second kappa shape index (κ2) is 20.5. The first-order valence-corrected chi connectivity index (χ1v) is 20.7. The number of hydrogen-bond donors (Lipinski definition) is 0. The van der Waals surface area contributed by atoms with Crippen LogP contribution < -0.4 is 37.9 Å². The van der Waals surface area contributed by atoms with Crippen LogP contribution in [0.3, 0.4) is 0 Å². The third-order valence-corrected chi connectivity index (χ3v) is 12.3. The molecule has 3 aromatic carbocycles. The molecule has 0 N–H and O–H groups in total. The Morgan fingerprint density at radius 2 is 1.42 bits per heavy atom. The first-order valence-electron chi connectivity index (χ1n) is 18.6. The van der Waals surface area contributed by atoms with Crippen LogP contribution in [0.5, 0.6) is 46.0 Å². The Kier molecular flexibility index (Phi) is 15.5. The van der Waals surface area contributed by atoms with Crippen LogP contribution >= 0.6 is 23.5 Å². The number of nitro groups is 1. The normalized spacial score (nSPS) is 16.2. The molecule has 2 aliphatic heterocycles. The van der Waals surface area contributed by atoms with Crippen molar-refractivity contribution in [2.24, 2.45) is 5.16 Å². The number of carbonyl (C=O) groups is 1. The van der Waals surface area contributed by atoms with Gasteiger partial charge in [0.15, 0.2) is 40.6 Å². The van der Waals surface area contributed by atoms with Gasteiger partial charge in [0.05, 0.1) is 83.2 Å². The van der Waals surface area contributed by atoms with Gasteiger partial charge in [-0.2, -0.15) is 0 Å². The van der Waals surface area contributed by atoms with Gasteiger partial charge in [-0.05, 0) is 48.6 Å². The SMILES string of the molecule is CCSC(SCC)[C@@H]1CCCN1C(=O)c1cc(OC)c(OCCCOc2c(OC)cc(C3CC(c4cc(OC)c(OC)c(OC)c4)=NO3)cc2OC)cc1[N+](=O)[O-]. The number of rotatable bonds is 21. The number of amides is 1. The van der Waals surface area contributed by atoms with Crippen LogP contribution in [0.4, 0.5) is 5.69 Å². The van der Waals surface area contributed by atoms with Crippen molar-refractivity contribution in [3.05, 3.63) is 63.2 Å². The van der Waals surface area contributed by atoms with Crippen LogP contribution in [-0.4, -0.2) is 106 Å². The Hall–Kier alpha value is -4.90. The zero-order valence-corrected chi connectivity index (χ0v) is 35.3. The summed E-state index contributed by atoms with van der Waals surface area (Å²) < 4.78 is 45.7. The maximum Gasteiger partial charge on any atom is 0.286 e. The molecule has 0 radical (unpaired) electrons. The number of carbonyl (C=O) groups excluding carboxylic acids is 1. The lowest BCUT2D eigenvalue weighted by Crippen LogP contribution is -2.41. The van der Waals surface area contributed by atoms with Gasteiger partial charge in [0.1, 0.15) is 5.56 Å². The molecule has 2 atom stereocenters. The van der Waals surface area contributed by atoms with E-state index in [1.54, 1.807) is 49.8 Å². The first kappa shape index (κ1) is 43.2. The molecule has 2 heterocycles. The average Bonchev–Trinajstić information content (AvgIpc) is 3.93. The molecule has 1 amide bonds. The van der Waals surface area contributed by atoms with Crippen LogP contribution in [-0.2, 0) is 4.84 Å². The minimum atomic E-state index is -0.550. The monoisotopic (exact) mass is 829 g/mol. The highest BCUT2D eigenvalue weighted by molar-refractivity contribution is 8.17. The molecule has 0 bridgehead atoms. The highest BCUT2D eigenvalue weighted by Crippen LogP contribution is 2.45. The van der Waals surface area contributed by atoms with E-state index in [1.807, 2.05) is 24.3 Å². The second-order valence-electron chi connectivity index (χ2n) is 12.8. The van der Waals surface area contributed by atoms with Crippen LogP contribution in [0.1, 0.15) is 67.1 Å². The summed E-state index contributed by atoms with van der Waals surface area (Å²) in [5.41, 5.74) is 1.88. The van der Waals surface area contributed by atoms with E-state index in [2.05, 4.69) is 19.0 Å². The van der Waals surface area contributed by atoms with Crippen molar-refractivity contribution >= 4 is 40.8 Å². The molecule has 310 valence electrons. The Morgan fingerprint density at radius 3 is 1.98 bits per heavy atom. The lowest BCUT2D eigenvalue weighted by Gasteiger charge is -2.31. The Bertz CT molecular complexity index is 1860. The standard InChI is InChI=1S/C40H51N3O12S2/c1-9-56-40(57-10-2)28-13-11-14-42(28)39(44)26-21-31(47-3)32(23-29(26)43(45)46)53-15-12-16-54-38-35(50-6)19-25(20-36(38)51-7)30-22-27(41-55-30)24-17-33(48-4)37(52-8)34(18-24)49-5/h17-21,23,28,30,40H,9-16,22H2,1-8H3/t28-,30?/m0/s1. The molecule has 2 aliphatic rings. The summed E-state index contributed by atoms with van der Waals surface area (Å²) >= 11 is 3.61. The second-order valence-corrected chi connectivity index (χ2v) is 16.0. The van der Waals surface area contributed by atoms with Gasteiger partial charge in [0.25, 0.3) is 11.6 Å². The molecule has 5 rings (SSSR count). The van der Waals surface area contributed by atoms with Gasteiger partial charge in [-0.15, -0.1) is 23.5 Å². The van der Waals surface area contributed by atoms with Gasteiger partial charge in [-0.25, -0.2) is 0 Å². The molecular formula is C40H51N3O12S2. The Labute approximate surface area is 341 Å². The van der Waals surface area contributed by atoms with E-state index >= 15 is 0 Å². The minimum Gasteiger partial charge on any atom is -0.493 e. The van der Waals surface area contributed by atoms with E-state index in [9.17, 15) is 14.9 Å². The molecule has 0 aromatic heterocycles.